The molecule has 0 saturated heterocycles. The number of benzene rings is 2. The number of aliphatic hydroxyl groups is 1. The van der Waals surface area contributed by atoms with Crippen LogP contribution in [0.5, 0.6) is 0 Å². The Morgan fingerprint density at radius 2 is 1.39 bits per heavy atom. The highest BCUT2D eigenvalue weighted by Gasteiger charge is 2.05. The quantitative estimate of drug-likeness (QED) is 0.525. The number of unbranched alkanes of at least 4 members (excludes halogenated alkanes) is 7. The lowest BCUT2D eigenvalue weighted by Crippen LogP contribution is -1.93. The maximum absolute atomic E-state index is 8.76. The second-order valence-corrected chi connectivity index (χ2v) is 6.89. The van der Waals surface area contributed by atoms with Crippen LogP contribution in [0.3, 0.4) is 0 Å². The molecule has 0 heterocycles. The molecule has 1 nitrogen and oxygen atoms in total. The molecule has 23 heavy (non-hydrogen) atoms. The maximum Gasteiger partial charge on any atom is 0.0431 e. The van der Waals surface area contributed by atoms with Gasteiger partial charge in [-0.15, -0.1) is 0 Å². The van der Waals surface area contributed by atoms with Crippen LogP contribution in [0.4, 0.5) is 0 Å². The van der Waals surface area contributed by atoms with Crippen molar-refractivity contribution >= 4 is 10.8 Å². The molecule has 0 amide bonds. The number of hydrogen-bond acceptors (Lipinski definition) is 1. The lowest BCUT2D eigenvalue weighted by molar-refractivity contribution is 0.282. The minimum atomic E-state index is 0.351. The van der Waals surface area contributed by atoms with Gasteiger partial charge in [-0.25, -0.2) is 0 Å². The Kier molecular flexibility index (Phi) is 7.61. The summed E-state index contributed by atoms with van der Waals surface area (Å²) in [6, 6.07) is 11.4. The van der Waals surface area contributed by atoms with Gasteiger partial charge in [0.2, 0.25) is 0 Å². The summed E-state index contributed by atoms with van der Waals surface area (Å²) in [6.07, 6.45) is 11.3. The van der Waals surface area contributed by atoms with Crippen molar-refractivity contribution in [2.24, 2.45) is 0 Å². The second-order valence-electron chi connectivity index (χ2n) is 6.89. The number of rotatable bonds is 10. The fraction of sp³-hybridized carbons (Fsp3) is 0.545. The maximum atomic E-state index is 8.76. The van der Waals surface area contributed by atoms with Crippen LogP contribution >= 0.6 is 0 Å². The van der Waals surface area contributed by atoms with Gasteiger partial charge in [0.05, 0.1) is 0 Å². The Morgan fingerprint density at radius 1 is 0.739 bits per heavy atom. The zero-order chi connectivity index (χ0) is 16.5. The van der Waals surface area contributed by atoms with Crippen LogP contribution in [0.15, 0.2) is 30.3 Å². The average Bonchev–Trinajstić information content (AvgIpc) is 2.55. The van der Waals surface area contributed by atoms with E-state index in [1.807, 2.05) is 0 Å². The van der Waals surface area contributed by atoms with Crippen molar-refractivity contribution in [1.82, 2.24) is 0 Å². The van der Waals surface area contributed by atoms with Gasteiger partial charge in [-0.3, -0.25) is 0 Å². The molecule has 2 aromatic rings. The van der Waals surface area contributed by atoms with E-state index in [-0.39, 0.29) is 0 Å². The van der Waals surface area contributed by atoms with Crippen LogP contribution < -0.4 is 0 Å². The van der Waals surface area contributed by atoms with Crippen molar-refractivity contribution in [3.8, 4) is 0 Å². The van der Waals surface area contributed by atoms with Gasteiger partial charge in [-0.05, 0) is 55.0 Å². The summed E-state index contributed by atoms with van der Waals surface area (Å²) in [6.45, 7) is 4.76. The van der Waals surface area contributed by atoms with Gasteiger partial charge in [0.25, 0.3) is 0 Å². The van der Waals surface area contributed by atoms with E-state index in [9.17, 15) is 0 Å². The lowest BCUT2D eigenvalue weighted by atomic mass is 9.94. The molecule has 1 N–H and O–H groups in total. The van der Waals surface area contributed by atoms with Crippen LogP contribution in [0.1, 0.15) is 68.1 Å². The number of aryl methyl sites for hydroxylation is 3. The minimum absolute atomic E-state index is 0.351. The van der Waals surface area contributed by atoms with E-state index in [0.717, 1.165) is 6.42 Å². The van der Waals surface area contributed by atoms with Gasteiger partial charge in [-0.1, -0.05) is 74.4 Å². The SMILES string of the molecule is Cc1ccc2c(CCCCCCCCCCO)c(C)ccc2c1. The summed E-state index contributed by atoms with van der Waals surface area (Å²) in [7, 11) is 0. The topological polar surface area (TPSA) is 20.2 Å². The van der Waals surface area contributed by atoms with Gasteiger partial charge >= 0.3 is 0 Å². The third kappa shape index (κ3) is 5.66. The zero-order valence-corrected chi connectivity index (χ0v) is 14.9. The molecule has 0 spiro atoms. The standard InChI is InChI=1S/C22H32O/c1-18-12-15-22-20(17-18)14-13-19(2)21(22)11-9-7-5-3-4-6-8-10-16-23/h12-15,17,23H,3-11,16H2,1-2H3. The van der Waals surface area contributed by atoms with E-state index in [1.54, 1.807) is 5.56 Å². The van der Waals surface area contributed by atoms with Crippen LogP contribution in [0.25, 0.3) is 10.8 Å². The molecule has 0 aliphatic heterocycles. The van der Waals surface area contributed by atoms with Crippen molar-refractivity contribution in [2.45, 2.75) is 71.6 Å². The normalized spacial score (nSPS) is 11.3. The molecule has 126 valence electrons. The highest BCUT2D eigenvalue weighted by atomic mass is 16.2. The van der Waals surface area contributed by atoms with E-state index in [4.69, 9.17) is 5.11 Å². The third-order valence-electron chi connectivity index (χ3n) is 4.86. The largest absolute Gasteiger partial charge is 0.396 e. The predicted molar refractivity (Wildman–Crippen MR) is 101 cm³/mol. The summed E-state index contributed by atoms with van der Waals surface area (Å²) in [5.41, 5.74) is 4.32. The van der Waals surface area contributed by atoms with Gasteiger partial charge < -0.3 is 5.11 Å². The minimum Gasteiger partial charge on any atom is -0.396 e. The molecule has 0 aromatic heterocycles. The molecule has 0 radical (unpaired) electrons. The molecule has 0 aliphatic carbocycles. The Morgan fingerprint density at radius 3 is 2.09 bits per heavy atom. The summed E-state index contributed by atoms with van der Waals surface area (Å²) >= 11 is 0. The summed E-state index contributed by atoms with van der Waals surface area (Å²) < 4.78 is 0. The Bertz CT molecular complexity index is 600. The fourth-order valence-electron chi connectivity index (χ4n) is 3.43. The molecular weight excluding hydrogens is 280 g/mol. The third-order valence-corrected chi connectivity index (χ3v) is 4.86. The highest BCUT2D eigenvalue weighted by molar-refractivity contribution is 5.87. The molecule has 0 aliphatic rings. The molecule has 0 saturated carbocycles. The number of hydrogen-bond donors (Lipinski definition) is 1. The molecule has 2 rings (SSSR count). The molecule has 0 fully saturated rings. The van der Waals surface area contributed by atoms with Gasteiger partial charge in [0, 0.05) is 6.61 Å². The molecule has 2 aromatic carbocycles. The van der Waals surface area contributed by atoms with E-state index in [0.29, 0.717) is 6.61 Å². The first-order valence-corrected chi connectivity index (χ1v) is 9.32. The second kappa shape index (κ2) is 9.72. The molecule has 0 atom stereocenters. The van der Waals surface area contributed by atoms with E-state index < -0.39 is 0 Å². The van der Waals surface area contributed by atoms with Gasteiger partial charge in [0.1, 0.15) is 0 Å². The summed E-state index contributed by atoms with van der Waals surface area (Å²) in [4.78, 5) is 0. The first kappa shape index (κ1) is 18.0. The van der Waals surface area contributed by atoms with Gasteiger partial charge in [-0.2, -0.15) is 0 Å². The smallest absolute Gasteiger partial charge is 0.0431 e. The zero-order valence-electron chi connectivity index (χ0n) is 14.9. The Balaban J connectivity index is 1.77. The lowest BCUT2D eigenvalue weighted by Gasteiger charge is -2.11. The van der Waals surface area contributed by atoms with Crippen LogP contribution in [-0.4, -0.2) is 11.7 Å². The summed E-state index contributed by atoms with van der Waals surface area (Å²) in [5, 5.41) is 11.6. The van der Waals surface area contributed by atoms with Crippen molar-refractivity contribution in [3.63, 3.8) is 0 Å². The van der Waals surface area contributed by atoms with Crippen LogP contribution in [0.2, 0.25) is 0 Å². The monoisotopic (exact) mass is 312 g/mol. The fourth-order valence-corrected chi connectivity index (χ4v) is 3.43. The predicted octanol–water partition coefficient (Wildman–Crippen LogP) is 6.11. The van der Waals surface area contributed by atoms with Crippen LogP contribution in [0, 0.1) is 13.8 Å². The van der Waals surface area contributed by atoms with Crippen molar-refractivity contribution < 1.29 is 5.11 Å². The number of aliphatic hydroxyl groups excluding tert-OH is 1. The van der Waals surface area contributed by atoms with E-state index >= 15 is 0 Å². The Hall–Kier alpha value is -1.34. The first-order valence-electron chi connectivity index (χ1n) is 9.32. The van der Waals surface area contributed by atoms with Crippen LogP contribution in [-0.2, 0) is 6.42 Å². The van der Waals surface area contributed by atoms with Crippen molar-refractivity contribution in [3.05, 3.63) is 47.0 Å². The Labute approximate surface area is 141 Å². The molecule has 0 bridgehead atoms. The van der Waals surface area contributed by atoms with E-state index in [1.165, 1.54) is 73.3 Å². The van der Waals surface area contributed by atoms with E-state index in [2.05, 4.69) is 44.2 Å². The van der Waals surface area contributed by atoms with Crippen molar-refractivity contribution in [2.75, 3.05) is 6.61 Å². The van der Waals surface area contributed by atoms with Crippen molar-refractivity contribution in [1.29, 1.82) is 0 Å². The summed E-state index contributed by atoms with van der Waals surface area (Å²) in [5.74, 6) is 0. The first-order chi connectivity index (χ1) is 11.2. The van der Waals surface area contributed by atoms with Gasteiger partial charge in [0.15, 0.2) is 0 Å². The number of fused-ring (bicyclic) bond motifs is 1. The highest BCUT2D eigenvalue weighted by Crippen LogP contribution is 2.25. The molecule has 1 heteroatoms. The molecular formula is C22H32O. The average molecular weight is 312 g/mol. The molecule has 0 unspecified atom stereocenters.